The van der Waals surface area contributed by atoms with Crippen molar-refractivity contribution in [1.29, 1.82) is 0 Å². The number of carbonyl (C=O) groups excluding carboxylic acids is 1. The molecule has 4 atom stereocenters. The molecule has 1 saturated heterocycles. The zero-order valence-electron chi connectivity index (χ0n) is 15.1. The standard InChI is InChI=1S/C21H22FNO4/c1-13-20(27-17-6-3-2-5-16(17)26-13)21(24)23-19(18-7-4-12-25-18)14-8-10-15(22)11-9-14/h2-3,5-6,8-11,13,18-20H,4,7,12H2,1H3,(H,23,24)/t13-,18+,19+,20-/m0/s1. The van der Waals surface area contributed by atoms with E-state index in [0.717, 1.165) is 18.4 Å². The number of hydrogen-bond acceptors (Lipinski definition) is 4. The van der Waals surface area contributed by atoms with E-state index in [1.807, 2.05) is 18.2 Å². The van der Waals surface area contributed by atoms with E-state index in [9.17, 15) is 9.18 Å². The normalized spacial score (nSPS) is 25.0. The van der Waals surface area contributed by atoms with Crippen LogP contribution in [0.2, 0.25) is 0 Å². The van der Waals surface area contributed by atoms with Crippen LogP contribution in [-0.4, -0.2) is 30.8 Å². The van der Waals surface area contributed by atoms with Gasteiger partial charge in [0, 0.05) is 6.61 Å². The predicted molar refractivity (Wildman–Crippen MR) is 97.2 cm³/mol. The molecule has 0 radical (unpaired) electrons. The third kappa shape index (κ3) is 3.76. The summed E-state index contributed by atoms with van der Waals surface area (Å²) in [6.45, 7) is 2.46. The van der Waals surface area contributed by atoms with Crippen LogP contribution in [0, 0.1) is 5.82 Å². The summed E-state index contributed by atoms with van der Waals surface area (Å²) in [5.74, 6) is 0.585. The maximum absolute atomic E-state index is 13.3. The molecule has 1 N–H and O–H groups in total. The molecule has 0 bridgehead atoms. The number of nitrogens with one attached hydrogen (secondary N) is 1. The van der Waals surface area contributed by atoms with Crippen LogP contribution in [0.5, 0.6) is 11.5 Å². The van der Waals surface area contributed by atoms with E-state index < -0.39 is 12.2 Å². The van der Waals surface area contributed by atoms with E-state index in [-0.39, 0.29) is 23.9 Å². The van der Waals surface area contributed by atoms with Crippen LogP contribution in [0.4, 0.5) is 4.39 Å². The van der Waals surface area contributed by atoms with Crippen molar-refractivity contribution in [3.05, 3.63) is 59.9 Å². The number of benzene rings is 2. The Labute approximate surface area is 157 Å². The Kier molecular flexibility index (Phi) is 4.99. The minimum absolute atomic E-state index is 0.147. The molecule has 2 aliphatic rings. The third-order valence-electron chi connectivity index (χ3n) is 4.96. The largest absolute Gasteiger partial charge is 0.482 e. The second kappa shape index (κ2) is 7.56. The SMILES string of the molecule is C[C@@H]1Oc2ccccc2O[C@@H]1C(=O)N[C@H](c1ccc(F)cc1)[C@H]1CCCO1. The maximum Gasteiger partial charge on any atom is 0.265 e. The predicted octanol–water partition coefficient (Wildman–Crippen LogP) is 3.39. The van der Waals surface area contributed by atoms with Crippen LogP contribution < -0.4 is 14.8 Å². The second-order valence-electron chi connectivity index (χ2n) is 6.90. The average molecular weight is 371 g/mol. The van der Waals surface area contributed by atoms with E-state index in [0.29, 0.717) is 18.1 Å². The molecule has 1 amide bonds. The molecule has 0 aromatic heterocycles. The first-order valence-electron chi connectivity index (χ1n) is 9.21. The highest BCUT2D eigenvalue weighted by Gasteiger charge is 2.37. The number of hydrogen-bond donors (Lipinski definition) is 1. The Morgan fingerprint density at radius 3 is 2.48 bits per heavy atom. The van der Waals surface area contributed by atoms with Gasteiger partial charge in [0.2, 0.25) is 6.10 Å². The van der Waals surface area contributed by atoms with Gasteiger partial charge in [-0.2, -0.15) is 0 Å². The zero-order valence-corrected chi connectivity index (χ0v) is 15.1. The first-order chi connectivity index (χ1) is 13.1. The van der Waals surface area contributed by atoms with Crippen molar-refractivity contribution >= 4 is 5.91 Å². The van der Waals surface area contributed by atoms with Gasteiger partial charge in [-0.05, 0) is 49.6 Å². The summed E-state index contributed by atoms with van der Waals surface area (Å²) in [6.07, 6.45) is 0.419. The van der Waals surface area contributed by atoms with Crippen LogP contribution in [0.15, 0.2) is 48.5 Å². The van der Waals surface area contributed by atoms with Gasteiger partial charge in [0.25, 0.3) is 5.91 Å². The summed E-state index contributed by atoms with van der Waals surface area (Å²) >= 11 is 0. The van der Waals surface area contributed by atoms with Gasteiger partial charge < -0.3 is 19.5 Å². The van der Waals surface area contributed by atoms with Crippen LogP contribution >= 0.6 is 0 Å². The topological polar surface area (TPSA) is 56.8 Å². The molecule has 2 heterocycles. The van der Waals surface area contributed by atoms with Gasteiger partial charge in [-0.25, -0.2) is 4.39 Å². The quantitative estimate of drug-likeness (QED) is 0.895. The number of amides is 1. The van der Waals surface area contributed by atoms with E-state index in [4.69, 9.17) is 14.2 Å². The first-order valence-corrected chi connectivity index (χ1v) is 9.21. The fourth-order valence-corrected chi connectivity index (χ4v) is 3.57. The lowest BCUT2D eigenvalue weighted by atomic mass is 9.98. The second-order valence-corrected chi connectivity index (χ2v) is 6.90. The van der Waals surface area contributed by atoms with Crippen LogP contribution in [0.25, 0.3) is 0 Å². The van der Waals surface area contributed by atoms with Gasteiger partial charge in [-0.1, -0.05) is 24.3 Å². The Balaban J connectivity index is 1.54. The van der Waals surface area contributed by atoms with E-state index in [1.54, 1.807) is 25.1 Å². The van der Waals surface area contributed by atoms with Gasteiger partial charge in [0.05, 0.1) is 12.1 Å². The molecule has 2 aromatic rings. The zero-order chi connectivity index (χ0) is 18.8. The summed E-state index contributed by atoms with van der Waals surface area (Å²) in [5.41, 5.74) is 0.807. The Morgan fingerprint density at radius 1 is 1.11 bits per heavy atom. The molecule has 0 unspecified atom stereocenters. The van der Waals surface area contributed by atoms with Gasteiger partial charge >= 0.3 is 0 Å². The van der Waals surface area contributed by atoms with Gasteiger partial charge in [-0.15, -0.1) is 0 Å². The molecule has 27 heavy (non-hydrogen) atoms. The molecule has 142 valence electrons. The molecule has 0 aliphatic carbocycles. The molecular weight excluding hydrogens is 349 g/mol. The highest BCUT2D eigenvalue weighted by atomic mass is 19.1. The number of halogens is 1. The van der Waals surface area contributed by atoms with Crippen molar-refractivity contribution in [1.82, 2.24) is 5.32 Å². The van der Waals surface area contributed by atoms with Crippen molar-refractivity contribution in [3.8, 4) is 11.5 Å². The molecule has 0 saturated carbocycles. The monoisotopic (exact) mass is 371 g/mol. The smallest absolute Gasteiger partial charge is 0.265 e. The Hall–Kier alpha value is -2.60. The maximum atomic E-state index is 13.3. The lowest BCUT2D eigenvalue weighted by Crippen LogP contribution is -2.51. The molecule has 6 heteroatoms. The first kappa shape index (κ1) is 17.8. The average Bonchev–Trinajstić information content (AvgIpc) is 3.20. The van der Waals surface area contributed by atoms with Crippen molar-refractivity contribution in [2.75, 3.05) is 6.61 Å². The molecule has 1 fully saturated rings. The fraction of sp³-hybridized carbons (Fsp3) is 0.381. The van der Waals surface area contributed by atoms with Crippen LogP contribution in [-0.2, 0) is 9.53 Å². The number of rotatable bonds is 4. The van der Waals surface area contributed by atoms with Crippen molar-refractivity contribution in [3.63, 3.8) is 0 Å². The molecule has 5 nitrogen and oxygen atoms in total. The van der Waals surface area contributed by atoms with Gasteiger partial charge in [0.1, 0.15) is 11.9 Å². The summed E-state index contributed by atoms with van der Waals surface area (Å²) in [7, 11) is 0. The molecule has 4 rings (SSSR count). The number of para-hydroxylation sites is 2. The van der Waals surface area contributed by atoms with E-state index in [1.165, 1.54) is 12.1 Å². The summed E-state index contributed by atoms with van der Waals surface area (Å²) < 4.78 is 30.8. The van der Waals surface area contributed by atoms with E-state index >= 15 is 0 Å². The van der Waals surface area contributed by atoms with Crippen molar-refractivity contribution < 1.29 is 23.4 Å². The lowest BCUT2D eigenvalue weighted by Gasteiger charge is -2.33. The van der Waals surface area contributed by atoms with Crippen LogP contribution in [0.1, 0.15) is 31.4 Å². The summed E-state index contributed by atoms with van der Waals surface area (Å²) in [6, 6.07) is 13.1. The number of ether oxygens (including phenoxy) is 3. The summed E-state index contributed by atoms with van der Waals surface area (Å²) in [4.78, 5) is 13.0. The molecule has 0 spiro atoms. The van der Waals surface area contributed by atoms with Gasteiger partial charge in [-0.3, -0.25) is 4.79 Å². The minimum atomic E-state index is -0.774. The van der Waals surface area contributed by atoms with Crippen molar-refractivity contribution in [2.45, 2.75) is 44.1 Å². The van der Waals surface area contributed by atoms with E-state index in [2.05, 4.69) is 5.32 Å². The molecule has 2 aliphatic heterocycles. The lowest BCUT2D eigenvalue weighted by molar-refractivity contribution is -0.135. The highest BCUT2D eigenvalue weighted by Crippen LogP contribution is 2.34. The number of carbonyl (C=O) groups is 1. The number of fused-ring (bicyclic) bond motifs is 1. The molecule has 2 aromatic carbocycles. The Morgan fingerprint density at radius 2 is 1.81 bits per heavy atom. The molecular formula is C21H22FNO4. The fourth-order valence-electron chi connectivity index (χ4n) is 3.57. The van der Waals surface area contributed by atoms with Crippen LogP contribution in [0.3, 0.4) is 0 Å². The minimum Gasteiger partial charge on any atom is -0.482 e. The summed E-state index contributed by atoms with van der Waals surface area (Å²) in [5, 5.41) is 3.03. The van der Waals surface area contributed by atoms with Gasteiger partial charge in [0.15, 0.2) is 11.5 Å². The highest BCUT2D eigenvalue weighted by molar-refractivity contribution is 5.82. The Bertz CT molecular complexity index is 804. The third-order valence-corrected chi connectivity index (χ3v) is 4.96. The van der Waals surface area contributed by atoms with Crippen molar-refractivity contribution in [2.24, 2.45) is 0 Å².